The average Bonchev–Trinajstić information content (AvgIpc) is 3.83. The minimum atomic E-state index is 0.0106. The van der Waals surface area contributed by atoms with E-state index in [9.17, 15) is 9.59 Å². The molecule has 0 aliphatic heterocycles. The lowest BCUT2D eigenvalue weighted by atomic mass is 9.96. The zero-order valence-corrected chi connectivity index (χ0v) is 30.3. The molecule has 0 unspecified atom stereocenters. The highest BCUT2D eigenvalue weighted by atomic mass is 16.1. The van der Waals surface area contributed by atoms with E-state index >= 15 is 0 Å². The molecule has 0 amide bonds. The molecule has 6 rings (SSSR count). The number of H-pyrrole nitrogens is 2. The second-order valence-corrected chi connectivity index (χ2v) is 13.7. The summed E-state index contributed by atoms with van der Waals surface area (Å²) in [4.78, 5) is 35.9. The van der Waals surface area contributed by atoms with E-state index in [-0.39, 0.29) is 11.6 Å². The molecule has 2 aromatic heterocycles. The van der Waals surface area contributed by atoms with Gasteiger partial charge in [0, 0.05) is 11.1 Å². The number of hydrogen-bond acceptors (Lipinski definition) is 2. The molecule has 48 heavy (non-hydrogen) atoms. The van der Waals surface area contributed by atoms with E-state index < -0.39 is 0 Å². The van der Waals surface area contributed by atoms with Crippen LogP contribution in [0.25, 0.3) is 33.6 Å². The van der Waals surface area contributed by atoms with Crippen molar-refractivity contribution in [2.24, 2.45) is 0 Å². The maximum Gasteiger partial charge on any atom is 0.209 e. The highest BCUT2D eigenvalue weighted by Gasteiger charge is 2.29. The van der Waals surface area contributed by atoms with Crippen molar-refractivity contribution in [1.29, 1.82) is 0 Å². The fourth-order valence-corrected chi connectivity index (χ4v) is 8.16. The van der Waals surface area contributed by atoms with E-state index in [0.717, 1.165) is 81.6 Å². The molecule has 4 heteroatoms. The SMILES string of the molecule is CCc1c(C(=O)c2cc3c(C)cc(C)cc(C)c-3c2)[nH]c(-c2[nH]c(C(=O)c3cc4c(C)cc(C)cc(C)c-4c3)c(CC)c2CC)c1CC. The molecule has 0 radical (unpaired) electrons. The van der Waals surface area contributed by atoms with Gasteiger partial charge in [0.15, 0.2) is 0 Å². The number of ketones is 2. The summed E-state index contributed by atoms with van der Waals surface area (Å²) in [7, 11) is 0. The van der Waals surface area contributed by atoms with Gasteiger partial charge in [0.05, 0.1) is 22.8 Å². The Balaban J connectivity index is 1.49. The molecule has 0 bridgehead atoms. The first-order valence-electron chi connectivity index (χ1n) is 17.5. The van der Waals surface area contributed by atoms with Crippen LogP contribution in [0.4, 0.5) is 0 Å². The fraction of sp³-hybridized carbons (Fsp3) is 0.318. The number of carbonyl (C=O) groups excluding carboxylic acids is 2. The lowest BCUT2D eigenvalue weighted by Crippen LogP contribution is -2.04. The van der Waals surface area contributed by atoms with Crippen LogP contribution in [0.3, 0.4) is 0 Å². The molecular formula is C44H48N2O2. The van der Waals surface area contributed by atoms with Crippen molar-refractivity contribution in [2.75, 3.05) is 0 Å². The Labute approximate surface area is 285 Å². The van der Waals surface area contributed by atoms with E-state index in [1.54, 1.807) is 0 Å². The van der Waals surface area contributed by atoms with Gasteiger partial charge in [0.1, 0.15) is 0 Å². The van der Waals surface area contributed by atoms with Gasteiger partial charge in [-0.05, 0) is 158 Å². The second kappa shape index (κ2) is 12.7. The highest BCUT2D eigenvalue weighted by molar-refractivity contribution is 6.13. The molecule has 2 heterocycles. The molecule has 0 atom stereocenters. The summed E-state index contributed by atoms with van der Waals surface area (Å²) < 4.78 is 0. The maximum atomic E-state index is 14.3. The van der Waals surface area contributed by atoms with Gasteiger partial charge in [-0.2, -0.15) is 0 Å². The number of aryl methyl sites for hydroxylation is 6. The Kier molecular flexibility index (Phi) is 8.80. The van der Waals surface area contributed by atoms with Gasteiger partial charge in [-0.3, -0.25) is 9.59 Å². The standard InChI is InChI=1S/C44H48N2O2/c1-11-31-33(13-3)41(43(47)29-19-35-25(7)15-23(5)16-26(8)36(35)20-29)45-39(31)40-32(12-2)34(14-4)42(46-40)44(48)30-21-37-27(9)17-24(6)18-28(10)38(37)22-30/h15-22,45-46H,11-14H2,1-10H3. The van der Waals surface area contributed by atoms with Crippen molar-refractivity contribution in [3.63, 3.8) is 0 Å². The van der Waals surface area contributed by atoms with E-state index in [2.05, 4.69) is 128 Å². The number of rotatable bonds is 9. The molecule has 4 aliphatic rings. The molecule has 246 valence electrons. The van der Waals surface area contributed by atoms with Crippen LogP contribution in [0.5, 0.6) is 0 Å². The van der Waals surface area contributed by atoms with Crippen LogP contribution in [0.1, 0.15) is 115 Å². The molecule has 4 nitrogen and oxygen atoms in total. The van der Waals surface area contributed by atoms with Crippen LogP contribution in [0.2, 0.25) is 0 Å². The van der Waals surface area contributed by atoms with Gasteiger partial charge in [-0.1, -0.05) is 63.1 Å². The van der Waals surface area contributed by atoms with Crippen molar-refractivity contribution < 1.29 is 9.59 Å². The summed E-state index contributed by atoms with van der Waals surface area (Å²) in [6.07, 6.45) is 3.01. The van der Waals surface area contributed by atoms with Crippen LogP contribution in [-0.2, 0) is 25.7 Å². The van der Waals surface area contributed by atoms with Gasteiger partial charge < -0.3 is 9.97 Å². The quantitative estimate of drug-likeness (QED) is 0.155. The lowest BCUT2D eigenvalue weighted by molar-refractivity contribution is 0.102. The fourth-order valence-electron chi connectivity index (χ4n) is 8.16. The van der Waals surface area contributed by atoms with Crippen molar-refractivity contribution in [1.82, 2.24) is 9.97 Å². The van der Waals surface area contributed by atoms with Crippen molar-refractivity contribution in [3.8, 4) is 33.6 Å². The van der Waals surface area contributed by atoms with E-state index in [4.69, 9.17) is 0 Å². The van der Waals surface area contributed by atoms with E-state index in [1.165, 1.54) is 33.4 Å². The Hall–Kier alpha value is -4.70. The van der Waals surface area contributed by atoms with Gasteiger partial charge in [0.25, 0.3) is 0 Å². The Morgan fingerprint density at radius 2 is 0.708 bits per heavy atom. The van der Waals surface area contributed by atoms with Crippen LogP contribution < -0.4 is 0 Å². The van der Waals surface area contributed by atoms with Crippen LogP contribution >= 0.6 is 0 Å². The van der Waals surface area contributed by atoms with Gasteiger partial charge in [-0.15, -0.1) is 0 Å². The second-order valence-electron chi connectivity index (χ2n) is 13.7. The largest absolute Gasteiger partial charge is 0.350 e. The minimum absolute atomic E-state index is 0.0106. The molecule has 0 saturated heterocycles. The molecular weight excluding hydrogens is 588 g/mol. The number of hydrogen-bond donors (Lipinski definition) is 2. The van der Waals surface area contributed by atoms with Gasteiger partial charge in [0.2, 0.25) is 11.6 Å². The summed E-state index contributed by atoms with van der Waals surface area (Å²) in [5.41, 5.74) is 20.5. The monoisotopic (exact) mass is 636 g/mol. The van der Waals surface area contributed by atoms with Crippen LogP contribution in [0, 0.1) is 41.5 Å². The predicted octanol–water partition coefficient (Wildman–Crippen LogP) is 10.8. The number of aromatic amines is 2. The molecule has 4 aliphatic carbocycles. The average molecular weight is 637 g/mol. The number of nitrogens with one attached hydrogen (secondary N) is 2. The Bertz CT molecular complexity index is 1930. The minimum Gasteiger partial charge on any atom is -0.350 e. The topological polar surface area (TPSA) is 65.7 Å². The first-order valence-corrected chi connectivity index (χ1v) is 17.5. The lowest BCUT2D eigenvalue weighted by Gasteiger charge is -2.06. The Morgan fingerprint density at radius 1 is 0.438 bits per heavy atom. The summed E-state index contributed by atoms with van der Waals surface area (Å²) in [6, 6.07) is 17.0. The third kappa shape index (κ3) is 5.41. The predicted molar refractivity (Wildman–Crippen MR) is 200 cm³/mol. The first-order chi connectivity index (χ1) is 22.9. The smallest absolute Gasteiger partial charge is 0.209 e. The highest BCUT2D eigenvalue weighted by Crippen LogP contribution is 2.39. The molecule has 2 N–H and O–H groups in total. The van der Waals surface area contributed by atoms with Crippen LogP contribution in [0.15, 0.2) is 48.5 Å². The normalized spacial score (nSPS) is 11.6. The summed E-state index contributed by atoms with van der Waals surface area (Å²) in [5.74, 6) is 0.0211. The molecule has 0 fully saturated rings. The van der Waals surface area contributed by atoms with Gasteiger partial charge in [-0.25, -0.2) is 0 Å². The summed E-state index contributed by atoms with van der Waals surface area (Å²) in [6.45, 7) is 21.2. The molecule has 0 spiro atoms. The van der Waals surface area contributed by atoms with E-state index in [1.807, 2.05) is 0 Å². The van der Waals surface area contributed by atoms with Crippen LogP contribution in [-0.4, -0.2) is 21.5 Å². The zero-order chi connectivity index (χ0) is 34.6. The number of fused-ring (bicyclic) bond motifs is 2. The zero-order valence-electron chi connectivity index (χ0n) is 30.3. The summed E-state index contributed by atoms with van der Waals surface area (Å²) in [5, 5.41) is 0. The van der Waals surface area contributed by atoms with Crippen molar-refractivity contribution in [3.05, 3.63) is 127 Å². The third-order valence-electron chi connectivity index (χ3n) is 10.3. The van der Waals surface area contributed by atoms with Crippen molar-refractivity contribution in [2.45, 2.75) is 94.9 Å². The molecule has 0 aromatic carbocycles. The molecule has 2 aromatic rings. The first kappa shape index (κ1) is 33.2. The maximum absolute atomic E-state index is 14.3. The third-order valence-corrected chi connectivity index (χ3v) is 10.3. The van der Waals surface area contributed by atoms with Crippen molar-refractivity contribution >= 4 is 11.6 Å². The number of carbonyl (C=O) groups is 2. The summed E-state index contributed by atoms with van der Waals surface area (Å²) >= 11 is 0. The number of aromatic nitrogens is 2. The van der Waals surface area contributed by atoms with Gasteiger partial charge >= 0.3 is 0 Å². The Morgan fingerprint density at radius 3 is 0.958 bits per heavy atom. The molecule has 0 saturated carbocycles. The van der Waals surface area contributed by atoms with E-state index in [0.29, 0.717) is 22.5 Å².